The number of unbranched alkanes of at least 4 members (excludes halogenated alkanes) is 3. The van der Waals surface area contributed by atoms with Gasteiger partial charge in [0.05, 0.1) is 12.2 Å². The van der Waals surface area contributed by atoms with E-state index in [4.69, 9.17) is 9.15 Å². The summed E-state index contributed by atoms with van der Waals surface area (Å²) >= 11 is 0. The van der Waals surface area contributed by atoms with Crippen LogP contribution in [0.15, 0.2) is 51.9 Å². The van der Waals surface area contributed by atoms with Gasteiger partial charge in [0.1, 0.15) is 5.58 Å². The molecule has 0 spiro atoms. The first kappa shape index (κ1) is 21.2. The average Bonchev–Trinajstić information content (AvgIpc) is 2.67. The minimum atomic E-state index is -2.95. The van der Waals surface area contributed by atoms with Gasteiger partial charge in [0.25, 0.3) is 0 Å². The number of aromatic nitrogens is 1. The van der Waals surface area contributed by atoms with Crippen LogP contribution in [0.4, 0.5) is 4.39 Å². The molecule has 6 nitrogen and oxygen atoms in total. The third-order valence-corrected chi connectivity index (χ3v) is 5.88. The number of nitrogens with zero attached hydrogens (tertiary/aromatic N) is 1. The lowest BCUT2D eigenvalue weighted by molar-refractivity contribution is 0.290. The van der Waals surface area contributed by atoms with Crippen molar-refractivity contribution < 1.29 is 23.1 Å². The molecule has 3 aromatic rings. The highest BCUT2D eigenvalue weighted by molar-refractivity contribution is 6.63. The minimum Gasteiger partial charge on any atom is -0.491 e. The second kappa shape index (κ2) is 9.30. The molecule has 0 saturated carbocycles. The van der Waals surface area contributed by atoms with E-state index in [9.17, 15) is 18.8 Å². The fourth-order valence-electron chi connectivity index (χ4n) is 3.05. The van der Waals surface area contributed by atoms with Crippen molar-refractivity contribution >= 4 is 19.5 Å². The lowest BCUT2D eigenvalue weighted by Crippen LogP contribution is -2.29. The number of hydrogen-bond acceptors (Lipinski definition) is 6. The number of rotatable bonds is 9. The van der Waals surface area contributed by atoms with Gasteiger partial charge in [0.2, 0.25) is 0 Å². The summed E-state index contributed by atoms with van der Waals surface area (Å²) in [6.07, 6.45) is 6.38. The third kappa shape index (κ3) is 5.96. The zero-order chi connectivity index (χ0) is 20.9. The van der Waals surface area contributed by atoms with Gasteiger partial charge in [-0.15, -0.1) is 0 Å². The van der Waals surface area contributed by atoms with Gasteiger partial charge in [-0.25, -0.2) is 9.18 Å². The number of pyridine rings is 1. The Labute approximate surface area is 168 Å². The Balaban J connectivity index is 1.58. The maximum Gasteiger partial charge on any atom is 0.344 e. The van der Waals surface area contributed by atoms with Crippen LogP contribution in [-0.4, -0.2) is 29.7 Å². The van der Waals surface area contributed by atoms with Gasteiger partial charge < -0.3 is 18.7 Å². The van der Waals surface area contributed by atoms with Crippen LogP contribution < -0.4 is 10.4 Å². The van der Waals surface area contributed by atoms with Crippen molar-refractivity contribution in [2.24, 2.45) is 0 Å². The molecule has 1 aromatic carbocycles. The van der Waals surface area contributed by atoms with Crippen molar-refractivity contribution in [3.05, 3.63) is 59.0 Å². The molecule has 8 heteroatoms. The molecular formula is C21H24FNO5Si. The molecule has 0 saturated heterocycles. The van der Waals surface area contributed by atoms with Crippen molar-refractivity contribution in [2.75, 3.05) is 6.61 Å². The Kier molecular flexibility index (Phi) is 6.78. The quantitative estimate of drug-likeness (QED) is 0.404. The number of fused-ring (bicyclic) bond motifs is 1. The monoisotopic (exact) mass is 417 g/mol. The van der Waals surface area contributed by atoms with E-state index >= 15 is 0 Å². The summed E-state index contributed by atoms with van der Waals surface area (Å²) < 4.78 is 25.2. The van der Waals surface area contributed by atoms with Crippen LogP contribution in [-0.2, 0) is 0 Å². The number of benzene rings is 1. The Hall–Kier alpha value is -2.55. The normalized spacial score (nSPS) is 11.7. The second-order valence-corrected chi connectivity index (χ2v) is 10.2. The van der Waals surface area contributed by atoms with Crippen LogP contribution >= 0.6 is 0 Å². The van der Waals surface area contributed by atoms with E-state index in [0.717, 1.165) is 25.7 Å². The maximum absolute atomic E-state index is 14.4. The van der Waals surface area contributed by atoms with E-state index in [1.165, 1.54) is 24.9 Å². The molecule has 2 aromatic heterocycles. The van der Waals surface area contributed by atoms with E-state index in [1.54, 1.807) is 24.4 Å². The van der Waals surface area contributed by atoms with Gasteiger partial charge in [-0.3, -0.25) is 4.98 Å². The highest BCUT2D eigenvalue weighted by Gasteiger charge is 2.19. The van der Waals surface area contributed by atoms with Crippen LogP contribution in [0.3, 0.4) is 0 Å². The predicted molar refractivity (Wildman–Crippen MR) is 110 cm³/mol. The van der Waals surface area contributed by atoms with Crippen molar-refractivity contribution in [3.8, 4) is 16.9 Å². The predicted octanol–water partition coefficient (Wildman–Crippen LogP) is 3.99. The molecule has 0 radical (unpaired) electrons. The molecule has 3 rings (SSSR count). The molecule has 0 amide bonds. The topological polar surface area (TPSA) is 92.8 Å². The van der Waals surface area contributed by atoms with Crippen molar-refractivity contribution in [2.45, 2.75) is 38.3 Å². The molecular weight excluding hydrogens is 393 g/mol. The van der Waals surface area contributed by atoms with E-state index in [1.807, 2.05) is 0 Å². The molecule has 0 fully saturated rings. The van der Waals surface area contributed by atoms with Crippen LogP contribution in [0, 0.1) is 5.82 Å². The first-order chi connectivity index (χ1) is 13.8. The lowest BCUT2D eigenvalue weighted by Gasteiger charge is -2.11. The van der Waals surface area contributed by atoms with Crippen molar-refractivity contribution in [1.82, 2.24) is 4.98 Å². The zero-order valence-electron chi connectivity index (χ0n) is 16.2. The number of hydrogen-bond donors (Lipinski definition) is 2. The fourth-order valence-corrected chi connectivity index (χ4v) is 3.97. The van der Waals surface area contributed by atoms with Gasteiger partial charge in [-0.05, 0) is 48.8 Å². The first-order valence-electron chi connectivity index (χ1n) is 9.59. The van der Waals surface area contributed by atoms with E-state index < -0.39 is 20.0 Å². The van der Waals surface area contributed by atoms with Crippen LogP contribution in [0.2, 0.25) is 12.6 Å². The average molecular weight is 418 g/mol. The minimum absolute atomic E-state index is 0.131. The fraction of sp³-hybridized carbons (Fsp3) is 0.333. The maximum atomic E-state index is 14.4. The molecule has 0 aliphatic rings. The molecule has 0 unspecified atom stereocenters. The number of ether oxygens (including phenoxy) is 1. The molecule has 0 bridgehead atoms. The summed E-state index contributed by atoms with van der Waals surface area (Å²) in [4.78, 5) is 35.0. The SMILES string of the molecule is C[Si](O)(O)CCCCCCOc1ccc(-c2cc3cnccc3oc2=O)cc1F. The number of halogens is 1. The van der Waals surface area contributed by atoms with Gasteiger partial charge in [-0.1, -0.05) is 25.3 Å². The van der Waals surface area contributed by atoms with E-state index in [0.29, 0.717) is 29.2 Å². The molecule has 0 aliphatic heterocycles. The van der Waals surface area contributed by atoms with Gasteiger partial charge >= 0.3 is 14.2 Å². The summed E-state index contributed by atoms with van der Waals surface area (Å²) in [5.74, 6) is -0.415. The second-order valence-electron chi connectivity index (χ2n) is 7.24. The Morgan fingerprint density at radius 1 is 1.14 bits per heavy atom. The van der Waals surface area contributed by atoms with Crippen molar-refractivity contribution in [1.29, 1.82) is 0 Å². The summed E-state index contributed by atoms with van der Waals surface area (Å²) in [5, 5.41) is 0.660. The van der Waals surface area contributed by atoms with Gasteiger partial charge in [-0.2, -0.15) is 0 Å². The highest BCUT2D eigenvalue weighted by atomic mass is 28.4. The highest BCUT2D eigenvalue weighted by Crippen LogP contribution is 2.26. The summed E-state index contributed by atoms with van der Waals surface area (Å²) in [6, 6.07) is 8.09. The Morgan fingerprint density at radius 3 is 2.69 bits per heavy atom. The molecule has 2 heterocycles. The molecule has 154 valence electrons. The molecule has 0 atom stereocenters. The van der Waals surface area contributed by atoms with E-state index in [-0.39, 0.29) is 11.3 Å². The molecule has 2 N–H and O–H groups in total. The summed E-state index contributed by atoms with van der Waals surface area (Å²) in [7, 11) is -2.95. The summed E-state index contributed by atoms with van der Waals surface area (Å²) in [6.45, 7) is 1.87. The largest absolute Gasteiger partial charge is 0.491 e. The zero-order valence-corrected chi connectivity index (χ0v) is 17.2. The lowest BCUT2D eigenvalue weighted by atomic mass is 10.1. The standard InChI is InChI=1S/C21H24FNO5Si/c1-29(25,26)11-5-3-2-4-10-27-20-7-6-15(13-18(20)22)17-12-16-14-23-9-8-19(16)28-21(17)24/h6-9,12-14,25-26H,2-5,10-11H2,1H3. The van der Waals surface area contributed by atoms with Crippen molar-refractivity contribution in [3.63, 3.8) is 0 Å². The smallest absolute Gasteiger partial charge is 0.344 e. The van der Waals surface area contributed by atoms with Gasteiger partial charge in [0, 0.05) is 17.8 Å². The summed E-state index contributed by atoms with van der Waals surface area (Å²) in [5.41, 5.74) is 0.564. The van der Waals surface area contributed by atoms with Crippen LogP contribution in [0.1, 0.15) is 25.7 Å². The molecule has 0 aliphatic carbocycles. The van der Waals surface area contributed by atoms with Crippen LogP contribution in [0.25, 0.3) is 22.1 Å². The Morgan fingerprint density at radius 2 is 1.93 bits per heavy atom. The van der Waals surface area contributed by atoms with Gasteiger partial charge in [0.15, 0.2) is 11.6 Å². The first-order valence-corrected chi connectivity index (χ1v) is 12.2. The van der Waals surface area contributed by atoms with Crippen LogP contribution in [0.5, 0.6) is 5.75 Å². The molecule has 29 heavy (non-hydrogen) atoms. The van der Waals surface area contributed by atoms with E-state index in [2.05, 4.69) is 4.98 Å². The third-order valence-electron chi connectivity index (χ3n) is 4.58. The Bertz CT molecular complexity index is 1030.